The van der Waals surface area contributed by atoms with E-state index in [1.54, 1.807) is 13.8 Å². The van der Waals surface area contributed by atoms with Crippen molar-refractivity contribution in [2.45, 2.75) is 39.2 Å². The van der Waals surface area contributed by atoms with Crippen LogP contribution in [-0.2, 0) is 4.79 Å². The highest BCUT2D eigenvalue weighted by molar-refractivity contribution is 5.89. The molecule has 0 spiro atoms. The van der Waals surface area contributed by atoms with Gasteiger partial charge in [0.15, 0.2) is 0 Å². The van der Waals surface area contributed by atoms with E-state index in [1.807, 2.05) is 6.92 Å². The maximum absolute atomic E-state index is 10.8. The predicted molar refractivity (Wildman–Crippen MR) is 49.8 cm³/mol. The van der Waals surface area contributed by atoms with Crippen LogP contribution in [-0.4, -0.2) is 17.3 Å². The number of hydrogen-bond donors (Lipinski definition) is 2. The third-order valence-corrected chi connectivity index (χ3v) is 1.53. The average molecular weight is 171 g/mol. The maximum Gasteiger partial charge on any atom is 0.244 e. The molecule has 0 aliphatic carbocycles. The summed E-state index contributed by atoms with van der Waals surface area (Å²) >= 11 is 0. The molecular weight excluding hydrogens is 154 g/mol. The molecule has 0 unspecified atom stereocenters. The fraction of sp³-hybridized carbons (Fsp3) is 0.750. The van der Waals surface area contributed by atoms with Crippen LogP contribution in [0, 0.1) is 0 Å². The molecule has 0 aromatic heterocycles. The first-order chi connectivity index (χ1) is 5.40. The summed E-state index contributed by atoms with van der Waals surface area (Å²) in [5.41, 5.74) is 9.79. The topological polar surface area (TPSA) is 81.5 Å². The van der Waals surface area contributed by atoms with Crippen LogP contribution < -0.4 is 11.5 Å². The van der Waals surface area contributed by atoms with Gasteiger partial charge in [-0.1, -0.05) is 6.92 Å². The number of aliphatic imine (C=N–C) groups is 1. The Balaban J connectivity index is 4.39. The van der Waals surface area contributed by atoms with Crippen LogP contribution in [0.4, 0.5) is 0 Å². The number of nitrogens with zero attached hydrogens (tertiary/aromatic N) is 1. The number of rotatable bonds is 4. The second-order valence-corrected chi connectivity index (χ2v) is 3.28. The first-order valence-corrected chi connectivity index (χ1v) is 4.04. The number of carbonyl (C=O) groups is 1. The largest absolute Gasteiger partial charge is 0.387 e. The molecule has 70 valence electrons. The van der Waals surface area contributed by atoms with Gasteiger partial charge in [-0.3, -0.25) is 9.79 Å². The highest BCUT2D eigenvalue weighted by Crippen LogP contribution is 2.08. The summed E-state index contributed by atoms with van der Waals surface area (Å²) in [7, 11) is 0. The van der Waals surface area contributed by atoms with E-state index in [0.29, 0.717) is 12.3 Å². The molecule has 0 bridgehead atoms. The van der Waals surface area contributed by atoms with Gasteiger partial charge in [-0.2, -0.15) is 0 Å². The average Bonchev–Trinajstić information content (AvgIpc) is 1.85. The molecule has 12 heavy (non-hydrogen) atoms. The molecule has 4 nitrogen and oxygen atoms in total. The molecule has 0 heterocycles. The van der Waals surface area contributed by atoms with Gasteiger partial charge < -0.3 is 11.5 Å². The lowest BCUT2D eigenvalue weighted by molar-refractivity contribution is -0.121. The summed E-state index contributed by atoms with van der Waals surface area (Å²) < 4.78 is 0. The lowest BCUT2D eigenvalue weighted by atomic mass is 10.1. The van der Waals surface area contributed by atoms with Crippen molar-refractivity contribution < 1.29 is 4.79 Å². The first kappa shape index (κ1) is 10.9. The van der Waals surface area contributed by atoms with E-state index in [-0.39, 0.29) is 0 Å². The minimum Gasteiger partial charge on any atom is -0.387 e. The molecule has 0 saturated heterocycles. The molecule has 4 heteroatoms. The minimum absolute atomic E-state index is 0.457. The fourth-order valence-corrected chi connectivity index (χ4v) is 0.726. The smallest absolute Gasteiger partial charge is 0.244 e. The zero-order valence-electron chi connectivity index (χ0n) is 7.92. The van der Waals surface area contributed by atoms with E-state index in [2.05, 4.69) is 4.99 Å². The molecule has 0 aromatic carbocycles. The standard InChI is InChI=1S/C8H17N3O/c1-4-5-6(9)11-8(2,3)7(10)12/h4-5H2,1-3H3,(H2,9,11)(H2,10,12). The van der Waals surface area contributed by atoms with Crippen LogP contribution in [0.15, 0.2) is 4.99 Å². The number of nitrogens with two attached hydrogens (primary N) is 2. The summed E-state index contributed by atoms with van der Waals surface area (Å²) in [6.45, 7) is 5.30. The van der Waals surface area contributed by atoms with Crippen molar-refractivity contribution in [1.82, 2.24) is 0 Å². The fourth-order valence-electron chi connectivity index (χ4n) is 0.726. The van der Waals surface area contributed by atoms with Crippen LogP contribution in [0.1, 0.15) is 33.6 Å². The third kappa shape index (κ3) is 3.37. The van der Waals surface area contributed by atoms with Crippen LogP contribution in [0.5, 0.6) is 0 Å². The van der Waals surface area contributed by atoms with Crippen molar-refractivity contribution in [1.29, 1.82) is 0 Å². The summed E-state index contributed by atoms with van der Waals surface area (Å²) in [4.78, 5) is 14.8. The van der Waals surface area contributed by atoms with Crippen molar-refractivity contribution in [2.75, 3.05) is 0 Å². The number of carbonyl (C=O) groups excluding carboxylic acids is 1. The first-order valence-electron chi connectivity index (χ1n) is 4.04. The van der Waals surface area contributed by atoms with Gasteiger partial charge >= 0.3 is 0 Å². The molecule has 0 saturated carbocycles. The molecule has 0 aliphatic rings. The van der Waals surface area contributed by atoms with Gasteiger partial charge in [-0.25, -0.2) is 0 Å². The van der Waals surface area contributed by atoms with Crippen LogP contribution in [0.3, 0.4) is 0 Å². The van der Waals surface area contributed by atoms with Gasteiger partial charge in [0.25, 0.3) is 0 Å². The molecule has 0 fully saturated rings. The van der Waals surface area contributed by atoms with Gasteiger partial charge in [0.1, 0.15) is 5.54 Å². The zero-order valence-corrected chi connectivity index (χ0v) is 7.92. The number of hydrogen-bond acceptors (Lipinski definition) is 2. The van der Waals surface area contributed by atoms with Crippen molar-refractivity contribution >= 4 is 11.7 Å². The van der Waals surface area contributed by atoms with Crippen LogP contribution in [0.25, 0.3) is 0 Å². The minimum atomic E-state index is -0.876. The molecule has 0 aliphatic heterocycles. The van der Waals surface area contributed by atoms with E-state index < -0.39 is 11.4 Å². The Kier molecular flexibility index (Phi) is 3.73. The summed E-state index contributed by atoms with van der Waals surface area (Å²) in [5, 5.41) is 0. The number of amides is 1. The summed E-state index contributed by atoms with van der Waals surface area (Å²) in [6.07, 6.45) is 1.63. The molecule has 1 amide bonds. The molecule has 0 radical (unpaired) electrons. The number of amidine groups is 1. The zero-order chi connectivity index (χ0) is 9.78. The van der Waals surface area contributed by atoms with E-state index in [0.717, 1.165) is 6.42 Å². The van der Waals surface area contributed by atoms with E-state index in [4.69, 9.17) is 11.5 Å². The van der Waals surface area contributed by atoms with Crippen molar-refractivity contribution in [3.63, 3.8) is 0 Å². The summed E-state index contributed by atoms with van der Waals surface area (Å²) in [6, 6.07) is 0. The van der Waals surface area contributed by atoms with Gasteiger partial charge in [-0.15, -0.1) is 0 Å². The highest BCUT2D eigenvalue weighted by Gasteiger charge is 2.23. The molecule has 0 atom stereocenters. The predicted octanol–water partition coefficient (Wildman–Crippen LogP) is 0.408. The van der Waals surface area contributed by atoms with Crippen LogP contribution >= 0.6 is 0 Å². The normalized spacial score (nSPS) is 13.1. The second kappa shape index (κ2) is 4.09. The quantitative estimate of drug-likeness (QED) is 0.474. The Morgan fingerprint density at radius 1 is 1.42 bits per heavy atom. The monoisotopic (exact) mass is 171 g/mol. The van der Waals surface area contributed by atoms with Gasteiger partial charge in [0.2, 0.25) is 5.91 Å². The van der Waals surface area contributed by atoms with E-state index in [1.165, 1.54) is 0 Å². The van der Waals surface area contributed by atoms with Gasteiger partial charge in [-0.05, 0) is 20.3 Å². The Hall–Kier alpha value is -1.06. The Bertz CT molecular complexity index is 196. The SMILES string of the molecule is CCCC(N)=NC(C)(C)C(N)=O. The van der Waals surface area contributed by atoms with Crippen molar-refractivity contribution in [3.8, 4) is 0 Å². The molecule has 0 rings (SSSR count). The maximum atomic E-state index is 10.8. The lowest BCUT2D eigenvalue weighted by Crippen LogP contribution is -2.38. The van der Waals surface area contributed by atoms with E-state index in [9.17, 15) is 4.79 Å². The Morgan fingerprint density at radius 2 is 1.92 bits per heavy atom. The lowest BCUT2D eigenvalue weighted by Gasteiger charge is -2.15. The van der Waals surface area contributed by atoms with E-state index >= 15 is 0 Å². The second-order valence-electron chi connectivity index (χ2n) is 3.28. The summed E-state index contributed by atoms with van der Waals surface area (Å²) in [5.74, 6) is 0.0304. The van der Waals surface area contributed by atoms with Gasteiger partial charge in [0, 0.05) is 6.42 Å². The molecule has 0 aromatic rings. The third-order valence-electron chi connectivity index (χ3n) is 1.53. The number of primary amides is 1. The van der Waals surface area contributed by atoms with Crippen molar-refractivity contribution in [3.05, 3.63) is 0 Å². The van der Waals surface area contributed by atoms with Gasteiger partial charge in [0.05, 0.1) is 5.84 Å². The molecular formula is C8H17N3O. The Morgan fingerprint density at radius 3 is 2.25 bits per heavy atom. The van der Waals surface area contributed by atoms with Crippen molar-refractivity contribution in [2.24, 2.45) is 16.5 Å². The Labute approximate surface area is 73.0 Å². The van der Waals surface area contributed by atoms with Crippen LogP contribution in [0.2, 0.25) is 0 Å². The molecule has 4 N–H and O–H groups in total. The highest BCUT2D eigenvalue weighted by atomic mass is 16.1.